The molecule has 0 saturated carbocycles. The van der Waals surface area contributed by atoms with Gasteiger partial charge in [0.25, 0.3) is 0 Å². The average molecular weight is 128 g/mol. The molecule has 0 saturated heterocycles. The van der Waals surface area contributed by atoms with Crippen LogP contribution in [-0.2, 0) is 9.47 Å². The van der Waals surface area contributed by atoms with Crippen LogP contribution >= 0.6 is 0 Å². The van der Waals surface area contributed by atoms with E-state index in [9.17, 15) is 0 Å². The van der Waals surface area contributed by atoms with Gasteiger partial charge < -0.3 is 9.47 Å². The van der Waals surface area contributed by atoms with Crippen molar-refractivity contribution < 1.29 is 9.47 Å². The summed E-state index contributed by atoms with van der Waals surface area (Å²) in [6.07, 6.45) is 3.18. The minimum atomic E-state index is 0.357. The Balaban J connectivity index is 2.27. The topological polar surface area (TPSA) is 18.5 Å². The van der Waals surface area contributed by atoms with Gasteiger partial charge in [-0.3, -0.25) is 0 Å². The molecule has 0 aromatic carbocycles. The molecule has 0 amide bonds. The molecule has 2 heteroatoms. The second kappa shape index (κ2) is 2.87. The molecule has 0 bridgehead atoms. The van der Waals surface area contributed by atoms with E-state index < -0.39 is 0 Å². The van der Waals surface area contributed by atoms with Crippen molar-refractivity contribution in [2.75, 3.05) is 13.7 Å². The Hall–Kier alpha value is -0.500. The highest BCUT2D eigenvalue weighted by Crippen LogP contribution is 2.16. The first-order valence-electron chi connectivity index (χ1n) is 3.15. The third kappa shape index (κ3) is 1.72. The van der Waals surface area contributed by atoms with Crippen molar-refractivity contribution in [2.24, 2.45) is 0 Å². The summed E-state index contributed by atoms with van der Waals surface area (Å²) in [6.45, 7) is 2.77. The number of rotatable bonds is 2. The van der Waals surface area contributed by atoms with Crippen LogP contribution < -0.4 is 0 Å². The molecule has 0 aromatic rings. The van der Waals surface area contributed by atoms with Gasteiger partial charge in [-0.2, -0.15) is 0 Å². The van der Waals surface area contributed by atoms with E-state index in [-0.39, 0.29) is 0 Å². The second-order valence-electron chi connectivity index (χ2n) is 2.36. The van der Waals surface area contributed by atoms with Crippen LogP contribution in [0.1, 0.15) is 13.3 Å². The lowest BCUT2D eigenvalue weighted by atomic mass is 10.2. The lowest BCUT2D eigenvalue weighted by Crippen LogP contribution is -1.98. The van der Waals surface area contributed by atoms with Crippen molar-refractivity contribution in [1.29, 1.82) is 0 Å². The third-order valence-corrected chi connectivity index (χ3v) is 1.35. The van der Waals surface area contributed by atoms with Gasteiger partial charge in [-0.1, -0.05) is 0 Å². The molecule has 9 heavy (non-hydrogen) atoms. The average Bonchev–Trinajstić information content (AvgIpc) is 2.17. The first-order chi connectivity index (χ1) is 4.33. The Bertz CT molecular complexity index is 118. The lowest BCUT2D eigenvalue weighted by molar-refractivity contribution is 0.188. The summed E-state index contributed by atoms with van der Waals surface area (Å²) in [5.41, 5.74) is 1.25. The van der Waals surface area contributed by atoms with Gasteiger partial charge in [0.2, 0.25) is 0 Å². The molecule has 0 aromatic heterocycles. The van der Waals surface area contributed by atoms with E-state index in [2.05, 4.69) is 6.92 Å². The number of hydrogen-bond donors (Lipinski definition) is 0. The minimum Gasteiger partial charge on any atom is -0.498 e. The smallest absolute Gasteiger partial charge is 0.0989 e. The molecule has 1 heterocycles. The third-order valence-electron chi connectivity index (χ3n) is 1.35. The Kier molecular flexibility index (Phi) is 2.11. The molecule has 2 nitrogen and oxygen atoms in total. The molecular formula is C7H12O2. The van der Waals surface area contributed by atoms with Crippen molar-refractivity contribution in [2.45, 2.75) is 19.4 Å². The molecule has 1 atom stereocenters. The van der Waals surface area contributed by atoms with Crippen LogP contribution in [0.2, 0.25) is 0 Å². The molecule has 1 unspecified atom stereocenters. The van der Waals surface area contributed by atoms with Gasteiger partial charge in [0.05, 0.1) is 19.0 Å². The SMILES string of the molecule is COCC1=COC(C)C1. The number of ether oxygens (including phenoxy) is 2. The van der Waals surface area contributed by atoms with Crippen LogP contribution in [0.4, 0.5) is 0 Å². The molecular weight excluding hydrogens is 116 g/mol. The highest BCUT2D eigenvalue weighted by atomic mass is 16.5. The minimum absolute atomic E-state index is 0.357. The summed E-state index contributed by atoms with van der Waals surface area (Å²) >= 11 is 0. The Labute approximate surface area is 55.5 Å². The monoisotopic (exact) mass is 128 g/mol. The number of hydrogen-bond acceptors (Lipinski definition) is 2. The van der Waals surface area contributed by atoms with Crippen molar-refractivity contribution in [3.8, 4) is 0 Å². The van der Waals surface area contributed by atoms with Crippen LogP contribution in [0.15, 0.2) is 11.8 Å². The maximum Gasteiger partial charge on any atom is 0.0989 e. The van der Waals surface area contributed by atoms with Gasteiger partial charge in [0, 0.05) is 13.5 Å². The van der Waals surface area contributed by atoms with Crippen LogP contribution in [0.3, 0.4) is 0 Å². The second-order valence-corrected chi connectivity index (χ2v) is 2.36. The molecule has 1 aliphatic heterocycles. The summed E-state index contributed by atoms with van der Waals surface area (Å²) in [6, 6.07) is 0. The molecule has 0 N–H and O–H groups in total. The van der Waals surface area contributed by atoms with Crippen molar-refractivity contribution in [1.82, 2.24) is 0 Å². The molecule has 0 radical (unpaired) electrons. The van der Waals surface area contributed by atoms with Gasteiger partial charge in [-0.25, -0.2) is 0 Å². The van der Waals surface area contributed by atoms with E-state index in [1.54, 1.807) is 13.4 Å². The number of methoxy groups -OCH3 is 1. The zero-order chi connectivity index (χ0) is 6.69. The Morgan fingerprint density at radius 2 is 2.67 bits per heavy atom. The standard InChI is InChI=1S/C7H12O2/c1-6-3-7(4-8-2)5-9-6/h5-6H,3-4H2,1-2H3. The van der Waals surface area contributed by atoms with Crippen molar-refractivity contribution in [3.63, 3.8) is 0 Å². The normalized spacial score (nSPS) is 25.6. The maximum atomic E-state index is 5.18. The summed E-state index contributed by atoms with van der Waals surface area (Å²) in [4.78, 5) is 0. The van der Waals surface area contributed by atoms with E-state index in [4.69, 9.17) is 9.47 Å². The maximum absolute atomic E-state index is 5.18. The van der Waals surface area contributed by atoms with Crippen LogP contribution in [0.5, 0.6) is 0 Å². The molecule has 1 aliphatic rings. The summed E-state index contributed by atoms with van der Waals surface area (Å²) in [5.74, 6) is 0. The summed E-state index contributed by atoms with van der Waals surface area (Å²) in [5, 5.41) is 0. The molecule has 1 rings (SSSR count). The van der Waals surface area contributed by atoms with E-state index in [1.165, 1.54) is 5.57 Å². The van der Waals surface area contributed by atoms with Crippen LogP contribution in [-0.4, -0.2) is 19.8 Å². The first-order valence-corrected chi connectivity index (χ1v) is 3.15. The first kappa shape index (κ1) is 6.62. The molecule has 0 aliphatic carbocycles. The van der Waals surface area contributed by atoms with E-state index >= 15 is 0 Å². The summed E-state index contributed by atoms with van der Waals surface area (Å²) < 4.78 is 10.1. The zero-order valence-electron chi connectivity index (χ0n) is 5.89. The van der Waals surface area contributed by atoms with Gasteiger partial charge in [0.15, 0.2) is 0 Å². The van der Waals surface area contributed by atoms with E-state index in [1.807, 2.05) is 0 Å². The summed E-state index contributed by atoms with van der Waals surface area (Å²) in [7, 11) is 1.70. The fraction of sp³-hybridized carbons (Fsp3) is 0.714. The molecule has 0 fully saturated rings. The lowest BCUT2D eigenvalue weighted by Gasteiger charge is -1.99. The fourth-order valence-corrected chi connectivity index (χ4v) is 0.956. The largest absolute Gasteiger partial charge is 0.498 e. The Morgan fingerprint density at radius 3 is 3.11 bits per heavy atom. The molecule has 52 valence electrons. The molecule has 0 spiro atoms. The van der Waals surface area contributed by atoms with Crippen molar-refractivity contribution in [3.05, 3.63) is 11.8 Å². The quantitative estimate of drug-likeness (QED) is 0.558. The Morgan fingerprint density at radius 1 is 1.89 bits per heavy atom. The van der Waals surface area contributed by atoms with Gasteiger partial charge in [-0.05, 0) is 12.5 Å². The van der Waals surface area contributed by atoms with Crippen molar-refractivity contribution >= 4 is 0 Å². The fourth-order valence-electron chi connectivity index (χ4n) is 0.956. The van der Waals surface area contributed by atoms with Gasteiger partial charge >= 0.3 is 0 Å². The van der Waals surface area contributed by atoms with Crippen LogP contribution in [0, 0.1) is 0 Å². The highest BCUT2D eigenvalue weighted by Gasteiger charge is 2.12. The van der Waals surface area contributed by atoms with Gasteiger partial charge in [-0.15, -0.1) is 0 Å². The van der Waals surface area contributed by atoms with Gasteiger partial charge in [0.1, 0.15) is 0 Å². The predicted octanol–water partition coefficient (Wildman–Crippen LogP) is 1.33. The highest BCUT2D eigenvalue weighted by molar-refractivity contribution is 5.04. The zero-order valence-corrected chi connectivity index (χ0v) is 5.89. The predicted molar refractivity (Wildman–Crippen MR) is 35.1 cm³/mol. The van der Waals surface area contributed by atoms with E-state index in [0.29, 0.717) is 12.7 Å². The van der Waals surface area contributed by atoms with Crippen LogP contribution in [0.25, 0.3) is 0 Å². The van der Waals surface area contributed by atoms with E-state index in [0.717, 1.165) is 6.42 Å².